The second-order valence-electron chi connectivity index (χ2n) is 10.4. The molecule has 11 heteroatoms. The summed E-state index contributed by atoms with van der Waals surface area (Å²) < 4.78 is 40.4. The fourth-order valence-electron chi connectivity index (χ4n) is 4.84. The zero-order chi connectivity index (χ0) is 30.9. The summed E-state index contributed by atoms with van der Waals surface area (Å²) in [5, 5.41) is 18.2. The van der Waals surface area contributed by atoms with Gasteiger partial charge in [0.2, 0.25) is 0 Å². The lowest BCUT2D eigenvalue weighted by atomic mass is 10.0. The van der Waals surface area contributed by atoms with Crippen molar-refractivity contribution in [2.24, 2.45) is 0 Å². The largest absolute Gasteiger partial charge is 0.493 e. The minimum Gasteiger partial charge on any atom is -0.493 e. The van der Waals surface area contributed by atoms with Crippen molar-refractivity contribution in [3.63, 3.8) is 0 Å². The molecular formula is C32H34F2N2O7. The van der Waals surface area contributed by atoms with Gasteiger partial charge < -0.3 is 29.5 Å². The van der Waals surface area contributed by atoms with Gasteiger partial charge in [-0.25, -0.2) is 8.78 Å². The number of benzene rings is 3. The van der Waals surface area contributed by atoms with Crippen LogP contribution in [-0.4, -0.2) is 77.7 Å². The topological polar surface area (TPSA) is 117 Å². The van der Waals surface area contributed by atoms with Crippen LogP contribution in [-0.2, 0) is 22.6 Å². The molecule has 1 aliphatic rings. The van der Waals surface area contributed by atoms with E-state index in [1.807, 2.05) is 7.05 Å². The molecule has 1 fully saturated rings. The molecule has 0 aliphatic carbocycles. The summed E-state index contributed by atoms with van der Waals surface area (Å²) in [4.78, 5) is 39.5. The van der Waals surface area contributed by atoms with Crippen LogP contribution in [0, 0.1) is 11.6 Å². The lowest BCUT2D eigenvalue weighted by Gasteiger charge is -2.32. The van der Waals surface area contributed by atoms with Crippen molar-refractivity contribution in [2.45, 2.75) is 32.3 Å². The summed E-state index contributed by atoms with van der Waals surface area (Å²) in [5.74, 6) is -2.96. The van der Waals surface area contributed by atoms with E-state index in [1.165, 1.54) is 6.07 Å². The van der Waals surface area contributed by atoms with E-state index in [0.29, 0.717) is 41.1 Å². The van der Waals surface area contributed by atoms with Gasteiger partial charge in [0.05, 0.1) is 6.61 Å². The summed E-state index contributed by atoms with van der Waals surface area (Å²) in [7, 11) is 1.98. The predicted octanol–water partition coefficient (Wildman–Crippen LogP) is 4.86. The summed E-state index contributed by atoms with van der Waals surface area (Å²) in [6.07, 6.45) is 0.210. The van der Waals surface area contributed by atoms with E-state index in [-0.39, 0.29) is 56.1 Å². The van der Waals surface area contributed by atoms with Crippen LogP contribution >= 0.6 is 0 Å². The molecule has 0 unspecified atom stereocenters. The van der Waals surface area contributed by atoms with Gasteiger partial charge in [0.25, 0.3) is 5.91 Å². The lowest BCUT2D eigenvalue weighted by Crippen LogP contribution is -2.47. The Bertz CT molecular complexity index is 1470. The summed E-state index contributed by atoms with van der Waals surface area (Å²) in [6, 6.07) is 13.1. The van der Waals surface area contributed by atoms with Crippen molar-refractivity contribution in [3.8, 4) is 22.6 Å². The Morgan fingerprint density at radius 1 is 0.884 bits per heavy atom. The number of carbonyl (C=O) groups excluding carboxylic acids is 1. The number of halogens is 2. The van der Waals surface area contributed by atoms with Crippen LogP contribution in [0.25, 0.3) is 11.1 Å². The third-order valence-electron chi connectivity index (χ3n) is 7.19. The zero-order valence-electron chi connectivity index (χ0n) is 23.9. The van der Waals surface area contributed by atoms with Crippen molar-refractivity contribution in [3.05, 3.63) is 82.9 Å². The average molecular weight is 597 g/mol. The Morgan fingerprint density at radius 2 is 1.63 bits per heavy atom. The van der Waals surface area contributed by atoms with Gasteiger partial charge in [-0.15, -0.1) is 0 Å². The molecule has 3 aromatic carbocycles. The van der Waals surface area contributed by atoms with Crippen LogP contribution in [0.3, 0.4) is 0 Å². The number of hydrogen-bond donors (Lipinski definition) is 2. The minimum atomic E-state index is -0.992. The molecule has 0 saturated carbocycles. The average Bonchev–Trinajstić information content (AvgIpc) is 2.97. The number of piperazine rings is 1. The fourth-order valence-corrected chi connectivity index (χ4v) is 4.84. The zero-order valence-corrected chi connectivity index (χ0v) is 23.9. The predicted molar refractivity (Wildman–Crippen MR) is 154 cm³/mol. The monoisotopic (exact) mass is 596 g/mol. The maximum Gasteiger partial charge on any atom is 0.303 e. The van der Waals surface area contributed by atoms with Crippen molar-refractivity contribution < 1.29 is 42.9 Å². The summed E-state index contributed by atoms with van der Waals surface area (Å²) >= 11 is 0. The molecule has 1 aliphatic heterocycles. The number of likely N-dealkylation sites (N-methyl/N-ethyl adjacent to an activating group) is 1. The first-order valence-electron chi connectivity index (χ1n) is 14.0. The van der Waals surface area contributed by atoms with E-state index in [9.17, 15) is 28.3 Å². The number of aliphatic carboxylic acids is 2. The van der Waals surface area contributed by atoms with Crippen molar-refractivity contribution in [2.75, 3.05) is 39.8 Å². The van der Waals surface area contributed by atoms with Gasteiger partial charge in [-0.05, 0) is 67.4 Å². The van der Waals surface area contributed by atoms with Gasteiger partial charge in [0, 0.05) is 61.8 Å². The van der Waals surface area contributed by atoms with Crippen LogP contribution < -0.4 is 9.47 Å². The fraction of sp³-hybridized carbons (Fsp3) is 0.344. The number of carboxylic acid groups (broad SMARTS) is 2. The van der Waals surface area contributed by atoms with Gasteiger partial charge in [0.15, 0.2) is 0 Å². The van der Waals surface area contributed by atoms with E-state index >= 15 is 0 Å². The number of nitrogens with zero attached hydrogens (tertiary/aromatic N) is 2. The van der Waals surface area contributed by atoms with E-state index in [2.05, 4.69) is 4.90 Å². The number of ether oxygens (including phenoxy) is 2. The molecule has 0 atom stereocenters. The van der Waals surface area contributed by atoms with E-state index in [0.717, 1.165) is 25.2 Å². The normalized spacial score (nSPS) is 13.5. The number of carboxylic acids is 2. The third kappa shape index (κ3) is 8.74. The van der Waals surface area contributed by atoms with Crippen molar-refractivity contribution >= 4 is 17.8 Å². The van der Waals surface area contributed by atoms with Crippen LogP contribution in [0.2, 0.25) is 0 Å². The Balaban J connectivity index is 1.63. The van der Waals surface area contributed by atoms with Gasteiger partial charge in [-0.1, -0.05) is 12.1 Å². The van der Waals surface area contributed by atoms with E-state index < -0.39 is 23.6 Å². The van der Waals surface area contributed by atoms with Gasteiger partial charge in [-0.2, -0.15) is 0 Å². The molecular weight excluding hydrogens is 562 g/mol. The Labute approximate surface area is 248 Å². The highest BCUT2D eigenvalue weighted by Gasteiger charge is 2.22. The van der Waals surface area contributed by atoms with Crippen LogP contribution in [0.4, 0.5) is 8.78 Å². The molecule has 2 N–H and O–H groups in total. The molecule has 0 radical (unpaired) electrons. The van der Waals surface area contributed by atoms with Gasteiger partial charge in [0.1, 0.15) is 29.7 Å². The van der Waals surface area contributed by atoms with Gasteiger partial charge >= 0.3 is 11.9 Å². The van der Waals surface area contributed by atoms with E-state index in [4.69, 9.17) is 14.6 Å². The minimum absolute atomic E-state index is 0.0151. The first kappa shape index (κ1) is 31.4. The number of carbonyl (C=O) groups is 3. The third-order valence-corrected chi connectivity index (χ3v) is 7.19. The maximum atomic E-state index is 14.8. The molecule has 1 amide bonds. The number of hydrogen-bond acceptors (Lipinski definition) is 6. The van der Waals surface area contributed by atoms with Crippen molar-refractivity contribution in [1.82, 2.24) is 9.80 Å². The SMILES string of the molecule is CN1CCN(C(=O)c2cc(OCc3cccc(OCCCC(=O)O)c3CCC(=O)O)cc(-c3ccc(F)cc3F)c2)CC1. The smallest absolute Gasteiger partial charge is 0.303 e. The molecule has 228 valence electrons. The molecule has 4 rings (SSSR count). The van der Waals surface area contributed by atoms with E-state index in [1.54, 1.807) is 41.3 Å². The van der Waals surface area contributed by atoms with Crippen molar-refractivity contribution in [1.29, 1.82) is 0 Å². The highest BCUT2D eigenvalue weighted by Crippen LogP contribution is 2.31. The maximum absolute atomic E-state index is 14.8. The number of rotatable bonds is 13. The standard InChI is InChI=1S/C32H34F2N2O7/c1-35-11-13-36(14-12-35)32(41)23-16-22(26-8-7-24(33)19-28(26)34)17-25(18-23)43-20-21-4-2-5-29(27(21)9-10-31(39)40)42-15-3-6-30(37)38/h2,4-5,7-8,16-19H,3,6,9-15,20H2,1H3,(H,37,38)(H,39,40). The molecule has 1 heterocycles. The summed E-state index contributed by atoms with van der Waals surface area (Å²) in [6.45, 7) is 2.63. The molecule has 43 heavy (non-hydrogen) atoms. The Hall–Kier alpha value is -4.51. The second kappa shape index (κ2) is 14.6. The highest BCUT2D eigenvalue weighted by molar-refractivity contribution is 5.96. The first-order valence-corrected chi connectivity index (χ1v) is 14.0. The Kier molecular flexibility index (Phi) is 10.7. The molecule has 9 nitrogen and oxygen atoms in total. The summed E-state index contributed by atoms with van der Waals surface area (Å²) in [5.41, 5.74) is 1.99. The number of amides is 1. The lowest BCUT2D eigenvalue weighted by molar-refractivity contribution is -0.138. The first-order chi connectivity index (χ1) is 20.6. The quantitative estimate of drug-likeness (QED) is 0.269. The second-order valence-corrected chi connectivity index (χ2v) is 10.4. The molecule has 1 saturated heterocycles. The Morgan fingerprint density at radius 3 is 2.33 bits per heavy atom. The van der Waals surface area contributed by atoms with Crippen LogP contribution in [0.15, 0.2) is 54.6 Å². The van der Waals surface area contributed by atoms with Crippen LogP contribution in [0.1, 0.15) is 40.7 Å². The van der Waals surface area contributed by atoms with Crippen LogP contribution in [0.5, 0.6) is 11.5 Å². The molecule has 0 aromatic heterocycles. The molecule has 0 bridgehead atoms. The molecule has 3 aromatic rings. The highest BCUT2D eigenvalue weighted by atomic mass is 19.1. The molecule has 0 spiro atoms. The van der Waals surface area contributed by atoms with Gasteiger partial charge in [-0.3, -0.25) is 14.4 Å².